The van der Waals surface area contributed by atoms with Gasteiger partial charge in [0.15, 0.2) is 0 Å². The van der Waals surface area contributed by atoms with Gasteiger partial charge in [0.05, 0.1) is 0 Å². The highest BCUT2D eigenvalue weighted by atomic mass is 15.2. The van der Waals surface area contributed by atoms with E-state index >= 15 is 0 Å². The molecule has 15 heavy (non-hydrogen) atoms. The van der Waals surface area contributed by atoms with E-state index in [-0.39, 0.29) is 0 Å². The molecule has 3 heterocycles. The van der Waals surface area contributed by atoms with Crippen molar-refractivity contribution in [2.45, 2.75) is 25.3 Å². The molecule has 1 aromatic heterocycles. The summed E-state index contributed by atoms with van der Waals surface area (Å²) >= 11 is 0. The second-order valence-corrected chi connectivity index (χ2v) is 4.43. The molecule has 2 aliphatic heterocycles. The van der Waals surface area contributed by atoms with Crippen molar-refractivity contribution >= 4 is 5.69 Å². The van der Waals surface area contributed by atoms with Crippen molar-refractivity contribution in [2.75, 3.05) is 24.5 Å². The topological polar surface area (TPSA) is 28.2 Å². The van der Waals surface area contributed by atoms with Crippen LogP contribution in [0.3, 0.4) is 0 Å². The summed E-state index contributed by atoms with van der Waals surface area (Å²) in [6.45, 7) is 3.52. The number of hydrogen-bond donors (Lipinski definition) is 1. The van der Waals surface area contributed by atoms with Crippen LogP contribution in [0.4, 0.5) is 5.69 Å². The van der Waals surface area contributed by atoms with Crippen LogP contribution in [0.2, 0.25) is 0 Å². The molecule has 3 nitrogen and oxygen atoms in total. The van der Waals surface area contributed by atoms with Crippen LogP contribution in [0, 0.1) is 0 Å². The number of fused-ring (bicyclic) bond motifs is 1. The third-order valence-electron chi connectivity index (χ3n) is 3.56. The van der Waals surface area contributed by atoms with Gasteiger partial charge in [0.2, 0.25) is 0 Å². The van der Waals surface area contributed by atoms with Crippen molar-refractivity contribution < 1.29 is 0 Å². The maximum absolute atomic E-state index is 4.20. The predicted octanol–water partition coefficient (Wildman–Crippen LogP) is 1.20. The fourth-order valence-corrected chi connectivity index (χ4v) is 2.75. The number of nitrogens with one attached hydrogen (secondary N) is 1. The van der Waals surface area contributed by atoms with Crippen molar-refractivity contribution in [1.29, 1.82) is 0 Å². The molecule has 0 radical (unpaired) electrons. The van der Waals surface area contributed by atoms with Crippen molar-refractivity contribution in [3.63, 3.8) is 0 Å². The summed E-state index contributed by atoms with van der Waals surface area (Å²) in [7, 11) is 0. The molecule has 1 saturated heterocycles. The number of hydrogen-bond acceptors (Lipinski definition) is 3. The zero-order valence-electron chi connectivity index (χ0n) is 8.95. The number of rotatable bonds is 1. The summed E-state index contributed by atoms with van der Waals surface area (Å²) in [6.07, 6.45) is 7.67. The molecule has 1 aromatic rings. The van der Waals surface area contributed by atoms with E-state index in [4.69, 9.17) is 0 Å². The van der Waals surface area contributed by atoms with E-state index in [0.717, 1.165) is 6.04 Å². The van der Waals surface area contributed by atoms with Crippen LogP contribution in [-0.4, -0.2) is 30.7 Å². The van der Waals surface area contributed by atoms with Crippen LogP contribution in [0.25, 0.3) is 0 Å². The Morgan fingerprint density at radius 2 is 2.20 bits per heavy atom. The lowest BCUT2D eigenvalue weighted by atomic mass is 10.1. The molecule has 1 N–H and O–H groups in total. The van der Waals surface area contributed by atoms with Gasteiger partial charge in [0.1, 0.15) is 0 Å². The van der Waals surface area contributed by atoms with Crippen LogP contribution in [0.15, 0.2) is 18.5 Å². The fraction of sp³-hybridized carbons (Fsp3) is 0.583. The second-order valence-electron chi connectivity index (χ2n) is 4.43. The van der Waals surface area contributed by atoms with Crippen LogP contribution in [-0.2, 0) is 6.42 Å². The van der Waals surface area contributed by atoms with Crippen molar-refractivity contribution in [1.82, 2.24) is 10.3 Å². The molecule has 1 fully saturated rings. The van der Waals surface area contributed by atoms with Gasteiger partial charge in [-0.3, -0.25) is 4.98 Å². The summed E-state index contributed by atoms with van der Waals surface area (Å²) < 4.78 is 0. The minimum atomic E-state index is 0.745. The monoisotopic (exact) mass is 203 g/mol. The van der Waals surface area contributed by atoms with E-state index in [9.17, 15) is 0 Å². The van der Waals surface area contributed by atoms with E-state index < -0.39 is 0 Å². The quantitative estimate of drug-likeness (QED) is 0.743. The minimum Gasteiger partial charge on any atom is -0.368 e. The Hall–Kier alpha value is -1.09. The lowest BCUT2D eigenvalue weighted by Gasteiger charge is -2.33. The average molecular weight is 203 g/mol. The standard InChI is InChI=1S/C12H17N3/c1-5-13-6-2-11(1)15-8-4-10-9-14-7-3-12(10)15/h3,7,9,11,13H,1-2,4-6,8H2. The summed E-state index contributed by atoms with van der Waals surface area (Å²) in [5.74, 6) is 0. The van der Waals surface area contributed by atoms with Gasteiger partial charge >= 0.3 is 0 Å². The highest BCUT2D eigenvalue weighted by molar-refractivity contribution is 5.57. The first kappa shape index (κ1) is 9.16. The van der Waals surface area contributed by atoms with E-state index in [0.29, 0.717) is 0 Å². The Bertz CT molecular complexity index is 344. The van der Waals surface area contributed by atoms with Crippen LogP contribution in [0.1, 0.15) is 18.4 Å². The third kappa shape index (κ3) is 1.61. The minimum absolute atomic E-state index is 0.745. The van der Waals surface area contributed by atoms with Crippen LogP contribution < -0.4 is 10.2 Å². The number of aromatic nitrogens is 1. The van der Waals surface area contributed by atoms with Crippen LogP contribution in [0.5, 0.6) is 0 Å². The largest absolute Gasteiger partial charge is 0.368 e. The molecule has 0 saturated carbocycles. The number of nitrogens with zero attached hydrogens (tertiary/aromatic N) is 2. The Morgan fingerprint density at radius 3 is 3.07 bits per heavy atom. The summed E-state index contributed by atoms with van der Waals surface area (Å²) in [5.41, 5.74) is 2.85. The van der Waals surface area contributed by atoms with Gasteiger partial charge in [-0.25, -0.2) is 0 Å². The van der Waals surface area contributed by atoms with E-state index in [1.165, 1.54) is 50.1 Å². The Labute approximate surface area is 90.5 Å². The summed E-state index contributed by atoms with van der Waals surface area (Å²) in [5, 5.41) is 3.42. The first-order valence-corrected chi connectivity index (χ1v) is 5.85. The van der Waals surface area contributed by atoms with Crippen molar-refractivity contribution in [3.05, 3.63) is 24.0 Å². The Balaban J connectivity index is 1.83. The molecule has 0 amide bonds. The molecule has 2 aliphatic rings. The zero-order valence-corrected chi connectivity index (χ0v) is 8.95. The third-order valence-corrected chi connectivity index (χ3v) is 3.56. The Kier molecular flexibility index (Phi) is 2.33. The molecular formula is C12H17N3. The molecule has 3 rings (SSSR count). The van der Waals surface area contributed by atoms with E-state index in [2.05, 4.69) is 21.3 Å². The molecular weight excluding hydrogens is 186 g/mol. The summed E-state index contributed by atoms with van der Waals surface area (Å²) in [4.78, 5) is 6.78. The molecule has 80 valence electrons. The lowest BCUT2D eigenvalue weighted by Crippen LogP contribution is -2.42. The van der Waals surface area contributed by atoms with Crippen LogP contribution >= 0.6 is 0 Å². The van der Waals surface area contributed by atoms with Gasteiger partial charge in [-0.05, 0) is 44.0 Å². The Morgan fingerprint density at radius 1 is 1.33 bits per heavy atom. The van der Waals surface area contributed by atoms with Gasteiger partial charge in [0, 0.05) is 30.7 Å². The smallest absolute Gasteiger partial charge is 0.0432 e. The lowest BCUT2D eigenvalue weighted by molar-refractivity contribution is 0.435. The number of pyridine rings is 1. The maximum Gasteiger partial charge on any atom is 0.0432 e. The van der Waals surface area contributed by atoms with Crippen molar-refractivity contribution in [3.8, 4) is 0 Å². The molecule has 0 unspecified atom stereocenters. The second kappa shape index (κ2) is 3.81. The molecule has 0 atom stereocenters. The SMILES string of the molecule is c1cc2c(cn1)CCN2C1CCNCC1. The molecule has 0 aliphatic carbocycles. The van der Waals surface area contributed by atoms with Gasteiger partial charge in [0.25, 0.3) is 0 Å². The average Bonchev–Trinajstić information content (AvgIpc) is 2.74. The number of piperidine rings is 1. The highest BCUT2D eigenvalue weighted by Gasteiger charge is 2.26. The molecule has 0 bridgehead atoms. The maximum atomic E-state index is 4.20. The predicted molar refractivity (Wildman–Crippen MR) is 61.2 cm³/mol. The van der Waals surface area contributed by atoms with E-state index in [1.807, 2.05) is 12.4 Å². The number of anilines is 1. The van der Waals surface area contributed by atoms with Crippen molar-refractivity contribution in [2.24, 2.45) is 0 Å². The first-order chi connectivity index (χ1) is 7.45. The first-order valence-electron chi connectivity index (χ1n) is 5.85. The fourth-order valence-electron chi connectivity index (χ4n) is 2.75. The molecule has 0 aromatic carbocycles. The van der Waals surface area contributed by atoms with Gasteiger partial charge in [-0.1, -0.05) is 0 Å². The summed E-state index contributed by atoms with van der Waals surface area (Å²) in [6, 6.07) is 2.92. The highest BCUT2D eigenvalue weighted by Crippen LogP contribution is 2.30. The van der Waals surface area contributed by atoms with E-state index in [1.54, 1.807) is 0 Å². The van der Waals surface area contributed by atoms with Gasteiger partial charge in [-0.15, -0.1) is 0 Å². The molecule has 0 spiro atoms. The van der Waals surface area contributed by atoms with Gasteiger partial charge in [-0.2, -0.15) is 0 Å². The van der Waals surface area contributed by atoms with Gasteiger partial charge < -0.3 is 10.2 Å². The molecule has 3 heteroatoms. The normalized spacial score (nSPS) is 21.7. The zero-order chi connectivity index (χ0) is 10.1.